The Morgan fingerprint density at radius 2 is 2.00 bits per heavy atom. The summed E-state index contributed by atoms with van der Waals surface area (Å²) >= 11 is 0. The van der Waals surface area contributed by atoms with E-state index in [-0.39, 0.29) is 5.41 Å². The Labute approximate surface area is 119 Å². The van der Waals surface area contributed by atoms with Crippen LogP contribution in [0.25, 0.3) is 17.0 Å². The van der Waals surface area contributed by atoms with E-state index in [1.165, 1.54) is 11.6 Å². The summed E-state index contributed by atoms with van der Waals surface area (Å²) in [5.41, 5.74) is 3.89. The molecule has 0 aliphatic heterocycles. The van der Waals surface area contributed by atoms with Gasteiger partial charge in [-0.1, -0.05) is 39.0 Å². The highest BCUT2D eigenvalue weighted by Crippen LogP contribution is 2.30. The van der Waals surface area contributed by atoms with Crippen LogP contribution in [-0.2, 0) is 10.2 Å². The van der Waals surface area contributed by atoms with Crippen molar-refractivity contribution in [2.45, 2.75) is 33.1 Å². The van der Waals surface area contributed by atoms with Crippen molar-refractivity contribution in [1.82, 2.24) is 4.98 Å². The van der Waals surface area contributed by atoms with E-state index in [1.807, 2.05) is 19.1 Å². The van der Waals surface area contributed by atoms with Gasteiger partial charge in [0.2, 0.25) is 0 Å². The fraction of sp³-hybridized carbons (Fsp3) is 0.294. The molecule has 3 heteroatoms. The number of rotatable bonds is 2. The molecule has 0 atom stereocenters. The van der Waals surface area contributed by atoms with Crippen molar-refractivity contribution in [2.24, 2.45) is 0 Å². The quantitative estimate of drug-likeness (QED) is 0.840. The van der Waals surface area contributed by atoms with Gasteiger partial charge in [0.25, 0.3) is 0 Å². The molecule has 1 aromatic heterocycles. The molecule has 0 saturated heterocycles. The van der Waals surface area contributed by atoms with Crippen LogP contribution in [0.3, 0.4) is 0 Å². The molecule has 20 heavy (non-hydrogen) atoms. The van der Waals surface area contributed by atoms with Crippen LogP contribution in [0.15, 0.2) is 30.3 Å². The topological polar surface area (TPSA) is 50.2 Å². The molecular formula is C17H19NO2. The molecule has 104 valence electrons. The highest BCUT2D eigenvalue weighted by molar-refractivity contribution is 5.89. The van der Waals surface area contributed by atoms with Gasteiger partial charge in [0, 0.05) is 11.5 Å². The number of carboxylic acid groups (broad SMARTS) is 1. The van der Waals surface area contributed by atoms with Crippen LogP contribution in [0.2, 0.25) is 0 Å². The molecule has 2 rings (SSSR count). The number of hydrogen-bond donors (Lipinski definition) is 1. The number of pyridine rings is 1. The second-order valence-electron chi connectivity index (χ2n) is 5.99. The van der Waals surface area contributed by atoms with Crippen LogP contribution in [0.4, 0.5) is 0 Å². The lowest BCUT2D eigenvalue weighted by atomic mass is 9.85. The number of benzene rings is 1. The fourth-order valence-corrected chi connectivity index (χ4v) is 2.29. The van der Waals surface area contributed by atoms with Gasteiger partial charge in [-0.05, 0) is 35.6 Å². The van der Waals surface area contributed by atoms with Gasteiger partial charge in [-0.2, -0.15) is 0 Å². The predicted molar refractivity (Wildman–Crippen MR) is 81.8 cm³/mol. The van der Waals surface area contributed by atoms with Crippen LogP contribution in [-0.4, -0.2) is 16.1 Å². The van der Waals surface area contributed by atoms with Crippen molar-refractivity contribution in [3.05, 3.63) is 47.2 Å². The minimum atomic E-state index is -0.964. The zero-order valence-electron chi connectivity index (χ0n) is 12.3. The molecule has 3 nitrogen and oxygen atoms in total. The van der Waals surface area contributed by atoms with Gasteiger partial charge >= 0.3 is 5.97 Å². The third kappa shape index (κ3) is 2.87. The lowest BCUT2D eigenvalue weighted by molar-refractivity contribution is -0.131. The van der Waals surface area contributed by atoms with E-state index in [0.29, 0.717) is 5.69 Å². The number of fused-ring (bicyclic) bond motifs is 1. The van der Waals surface area contributed by atoms with Crippen molar-refractivity contribution in [1.29, 1.82) is 0 Å². The number of hydrogen-bond acceptors (Lipinski definition) is 2. The largest absolute Gasteiger partial charge is 0.478 e. The Morgan fingerprint density at radius 3 is 2.60 bits per heavy atom. The van der Waals surface area contributed by atoms with Gasteiger partial charge in [0.1, 0.15) is 0 Å². The zero-order valence-corrected chi connectivity index (χ0v) is 12.3. The number of nitrogens with zero attached hydrogens (tertiary/aromatic N) is 1. The van der Waals surface area contributed by atoms with E-state index in [1.54, 1.807) is 0 Å². The summed E-state index contributed by atoms with van der Waals surface area (Å²) in [6.07, 6.45) is 2.65. The van der Waals surface area contributed by atoms with Crippen LogP contribution < -0.4 is 0 Å². The molecule has 1 heterocycles. The number of carbonyl (C=O) groups is 1. The van der Waals surface area contributed by atoms with Crippen LogP contribution in [0, 0.1) is 6.92 Å². The maximum absolute atomic E-state index is 10.6. The Bertz CT molecular complexity index is 694. The third-order valence-corrected chi connectivity index (χ3v) is 3.27. The summed E-state index contributed by atoms with van der Waals surface area (Å²) < 4.78 is 0. The summed E-state index contributed by atoms with van der Waals surface area (Å²) in [4.78, 5) is 15.3. The predicted octanol–water partition coefficient (Wildman–Crippen LogP) is 3.94. The first kappa shape index (κ1) is 14.3. The minimum Gasteiger partial charge on any atom is -0.478 e. The molecule has 0 amide bonds. The van der Waals surface area contributed by atoms with E-state index in [2.05, 4.69) is 37.9 Å². The standard InChI is InChI=1S/C17H19NO2/c1-11-10-12(8-9-15(19)20)18-16-13(11)6-5-7-14(16)17(2,3)4/h5-10H,1-4H3,(H,19,20)/b9-8+. The highest BCUT2D eigenvalue weighted by Gasteiger charge is 2.18. The molecule has 0 unspecified atom stereocenters. The summed E-state index contributed by atoms with van der Waals surface area (Å²) in [5, 5.41) is 9.84. The number of aryl methyl sites for hydroxylation is 1. The van der Waals surface area contributed by atoms with Gasteiger partial charge in [0.15, 0.2) is 0 Å². The van der Waals surface area contributed by atoms with Gasteiger partial charge in [0.05, 0.1) is 11.2 Å². The third-order valence-electron chi connectivity index (χ3n) is 3.27. The molecule has 0 aliphatic rings. The first-order valence-corrected chi connectivity index (χ1v) is 6.61. The van der Waals surface area contributed by atoms with Crippen LogP contribution in [0.5, 0.6) is 0 Å². The van der Waals surface area contributed by atoms with Gasteiger partial charge in [-0.3, -0.25) is 0 Å². The summed E-state index contributed by atoms with van der Waals surface area (Å²) in [5.74, 6) is -0.964. The van der Waals surface area contributed by atoms with Crippen molar-refractivity contribution < 1.29 is 9.90 Å². The number of carboxylic acids is 1. The van der Waals surface area contributed by atoms with Crippen LogP contribution >= 0.6 is 0 Å². The van der Waals surface area contributed by atoms with E-state index in [4.69, 9.17) is 5.11 Å². The Hall–Kier alpha value is -2.16. The lowest BCUT2D eigenvalue weighted by Gasteiger charge is -2.21. The summed E-state index contributed by atoms with van der Waals surface area (Å²) in [6, 6.07) is 8.09. The normalized spacial score (nSPS) is 12.2. The molecule has 1 aromatic carbocycles. The minimum absolute atomic E-state index is 0.00587. The van der Waals surface area contributed by atoms with E-state index in [0.717, 1.165) is 22.5 Å². The maximum atomic E-state index is 10.6. The van der Waals surface area contributed by atoms with E-state index in [9.17, 15) is 4.79 Å². The Morgan fingerprint density at radius 1 is 1.30 bits per heavy atom. The first-order chi connectivity index (χ1) is 9.29. The second kappa shape index (κ2) is 5.08. The van der Waals surface area contributed by atoms with E-state index >= 15 is 0 Å². The first-order valence-electron chi connectivity index (χ1n) is 6.61. The maximum Gasteiger partial charge on any atom is 0.328 e. The zero-order chi connectivity index (χ0) is 14.9. The summed E-state index contributed by atoms with van der Waals surface area (Å²) in [6.45, 7) is 8.48. The highest BCUT2D eigenvalue weighted by atomic mass is 16.4. The van der Waals surface area contributed by atoms with Crippen molar-refractivity contribution in [2.75, 3.05) is 0 Å². The smallest absolute Gasteiger partial charge is 0.328 e. The number of aliphatic carboxylic acids is 1. The molecule has 0 radical (unpaired) electrons. The number of aromatic nitrogens is 1. The van der Waals surface area contributed by atoms with Gasteiger partial charge in [-0.15, -0.1) is 0 Å². The molecule has 0 fully saturated rings. The van der Waals surface area contributed by atoms with Crippen molar-refractivity contribution in [3.63, 3.8) is 0 Å². The van der Waals surface area contributed by atoms with Gasteiger partial charge in [-0.25, -0.2) is 9.78 Å². The molecule has 1 N–H and O–H groups in total. The van der Waals surface area contributed by atoms with Gasteiger partial charge < -0.3 is 5.11 Å². The molecular weight excluding hydrogens is 250 g/mol. The van der Waals surface area contributed by atoms with Crippen molar-refractivity contribution in [3.8, 4) is 0 Å². The fourth-order valence-electron chi connectivity index (χ4n) is 2.29. The second-order valence-corrected chi connectivity index (χ2v) is 5.99. The Balaban J connectivity index is 2.71. The van der Waals surface area contributed by atoms with E-state index < -0.39 is 5.97 Å². The molecule has 0 saturated carbocycles. The Kier molecular flexibility index (Phi) is 3.62. The number of para-hydroxylation sites is 1. The molecule has 0 bridgehead atoms. The molecule has 0 aliphatic carbocycles. The molecule has 2 aromatic rings. The monoisotopic (exact) mass is 269 g/mol. The summed E-state index contributed by atoms with van der Waals surface area (Å²) in [7, 11) is 0. The average molecular weight is 269 g/mol. The SMILES string of the molecule is Cc1cc(/C=C/C(=O)O)nc2c(C(C)(C)C)cccc12. The van der Waals surface area contributed by atoms with Crippen molar-refractivity contribution >= 4 is 22.9 Å². The lowest BCUT2D eigenvalue weighted by Crippen LogP contribution is -2.12. The molecule has 0 spiro atoms. The van der Waals surface area contributed by atoms with Crippen LogP contribution in [0.1, 0.15) is 37.6 Å². The average Bonchev–Trinajstić information content (AvgIpc) is 2.34.